The molecule has 1 aromatic heterocycles. The molecule has 19 heavy (non-hydrogen) atoms. The molecule has 106 valence electrons. The van der Waals surface area contributed by atoms with Gasteiger partial charge in [-0.05, 0) is 25.0 Å². The van der Waals surface area contributed by atoms with Crippen molar-refractivity contribution in [1.82, 2.24) is 10.2 Å². The molecule has 0 aromatic carbocycles. The third-order valence-electron chi connectivity index (χ3n) is 4.30. The van der Waals surface area contributed by atoms with Gasteiger partial charge < -0.3 is 14.5 Å². The van der Waals surface area contributed by atoms with Crippen LogP contribution in [-0.4, -0.2) is 43.3 Å². The van der Waals surface area contributed by atoms with Crippen molar-refractivity contribution in [3.63, 3.8) is 0 Å². The number of rotatable bonds is 5. The largest absolute Gasteiger partial charge is 0.468 e. The van der Waals surface area contributed by atoms with E-state index >= 15 is 0 Å². The van der Waals surface area contributed by atoms with Gasteiger partial charge in [-0.2, -0.15) is 0 Å². The monoisotopic (exact) mass is 264 g/mol. The van der Waals surface area contributed by atoms with E-state index in [0.717, 1.165) is 38.5 Å². The number of fused-ring (bicyclic) bond motifs is 1. The first-order chi connectivity index (χ1) is 9.43. The summed E-state index contributed by atoms with van der Waals surface area (Å²) in [5.74, 6) is 1.01. The maximum absolute atomic E-state index is 5.90. The quantitative estimate of drug-likeness (QED) is 0.826. The molecule has 4 heteroatoms. The van der Waals surface area contributed by atoms with Crippen LogP contribution in [0.3, 0.4) is 0 Å². The average molecular weight is 264 g/mol. The molecule has 2 unspecified atom stereocenters. The van der Waals surface area contributed by atoms with Crippen molar-refractivity contribution in [3.05, 3.63) is 24.2 Å². The summed E-state index contributed by atoms with van der Waals surface area (Å²) in [6, 6.07) is 4.61. The Labute approximate surface area is 115 Å². The van der Waals surface area contributed by atoms with Gasteiger partial charge in [-0.15, -0.1) is 0 Å². The van der Waals surface area contributed by atoms with Gasteiger partial charge in [0.25, 0.3) is 0 Å². The van der Waals surface area contributed by atoms with E-state index in [1.54, 1.807) is 6.26 Å². The minimum Gasteiger partial charge on any atom is -0.468 e. The van der Waals surface area contributed by atoms with Gasteiger partial charge in [-0.1, -0.05) is 12.8 Å². The summed E-state index contributed by atoms with van der Waals surface area (Å²) in [5.41, 5.74) is 0. The summed E-state index contributed by atoms with van der Waals surface area (Å²) in [5, 5.41) is 3.45. The first-order valence-corrected chi connectivity index (χ1v) is 7.52. The molecule has 0 bridgehead atoms. The van der Waals surface area contributed by atoms with Crippen LogP contribution in [0.2, 0.25) is 0 Å². The van der Waals surface area contributed by atoms with Gasteiger partial charge in [0.2, 0.25) is 0 Å². The van der Waals surface area contributed by atoms with Crippen molar-refractivity contribution in [2.75, 3.05) is 26.2 Å². The lowest BCUT2D eigenvalue weighted by Crippen LogP contribution is -2.54. The predicted octanol–water partition coefficient (Wildman–Crippen LogP) is 2.01. The molecule has 3 rings (SSSR count). The van der Waals surface area contributed by atoms with Gasteiger partial charge in [0, 0.05) is 25.7 Å². The first kappa shape index (κ1) is 13.2. The molecule has 0 amide bonds. The fraction of sp³-hybridized carbons (Fsp3) is 0.733. The van der Waals surface area contributed by atoms with Crippen LogP contribution < -0.4 is 5.32 Å². The number of nitrogens with zero attached hydrogens (tertiary/aromatic N) is 1. The lowest BCUT2D eigenvalue weighted by atomic mass is 9.90. The van der Waals surface area contributed by atoms with Crippen LogP contribution in [0.5, 0.6) is 0 Å². The predicted molar refractivity (Wildman–Crippen MR) is 74.0 cm³/mol. The Balaban J connectivity index is 1.41. The molecule has 1 saturated carbocycles. The van der Waals surface area contributed by atoms with E-state index in [2.05, 4.69) is 10.2 Å². The minimum atomic E-state index is 0.493. The van der Waals surface area contributed by atoms with E-state index in [9.17, 15) is 0 Å². The minimum absolute atomic E-state index is 0.493. The molecule has 2 aliphatic rings. The molecular formula is C15H24N2O2. The summed E-state index contributed by atoms with van der Waals surface area (Å²) in [4.78, 5) is 2.61. The SMILES string of the molecule is c1coc(CNCCN2CCOC3CCCCC32)c1. The molecule has 4 nitrogen and oxygen atoms in total. The molecule has 0 radical (unpaired) electrons. The zero-order valence-electron chi connectivity index (χ0n) is 11.5. The Bertz CT molecular complexity index is 364. The molecule has 2 atom stereocenters. The average Bonchev–Trinajstić information content (AvgIpc) is 2.97. The smallest absolute Gasteiger partial charge is 0.117 e. The van der Waals surface area contributed by atoms with Crippen LogP contribution in [0.15, 0.2) is 22.8 Å². The van der Waals surface area contributed by atoms with E-state index in [1.807, 2.05) is 12.1 Å². The first-order valence-electron chi connectivity index (χ1n) is 7.52. The Morgan fingerprint density at radius 3 is 3.16 bits per heavy atom. The highest BCUT2D eigenvalue weighted by atomic mass is 16.5. The Hall–Kier alpha value is -0.840. The van der Waals surface area contributed by atoms with Crippen LogP contribution in [0.25, 0.3) is 0 Å². The lowest BCUT2D eigenvalue weighted by Gasteiger charge is -2.43. The second-order valence-corrected chi connectivity index (χ2v) is 5.55. The van der Waals surface area contributed by atoms with E-state index in [0.29, 0.717) is 12.1 Å². The standard InChI is InChI=1S/C15H24N2O2/c1-2-6-15-14(5-1)17(9-11-19-15)8-7-16-12-13-4-3-10-18-13/h3-4,10,14-16H,1-2,5-9,11-12H2. The van der Waals surface area contributed by atoms with E-state index in [1.165, 1.54) is 25.7 Å². The van der Waals surface area contributed by atoms with Crippen molar-refractivity contribution in [1.29, 1.82) is 0 Å². The van der Waals surface area contributed by atoms with Crippen molar-refractivity contribution in [2.24, 2.45) is 0 Å². The van der Waals surface area contributed by atoms with Gasteiger partial charge in [-0.25, -0.2) is 0 Å². The molecule has 1 N–H and O–H groups in total. The van der Waals surface area contributed by atoms with Crippen LogP contribution >= 0.6 is 0 Å². The molecule has 2 heterocycles. The number of hydrogen-bond donors (Lipinski definition) is 1. The van der Waals surface area contributed by atoms with Crippen molar-refractivity contribution >= 4 is 0 Å². The van der Waals surface area contributed by atoms with Crippen LogP contribution in [0.1, 0.15) is 31.4 Å². The molecule has 2 fully saturated rings. The van der Waals surface area contributed by atoms with Crippen molar-refractivity contribution < 1.29 is 9.15 Å². The maximum Gasteiger partial charge on any atom is 0.117 e. The Morgan fingerprint density at radius 2 is 2.26 bits per heavy atom. The second-order valence-electron chi connectivity index (χ2n) is 5.55. The second kappa shape index (κ2) is 6.55. The third-order valence-corrected chi connectivity index (χ3v) is 4.30. The summed E-state index contributed by atoms with van der Waals surface area (Å²) in [6.45, 7) is 4.95. The van der Waals surface area contributed by atoms with E-state index in [4.69, 9.17) is 9.15 Å². The number of morpholine rings is 1. The Morgan fingerprint density at radius 1 is 1.32 bits per heavy atom. The van der Waals surface area contributed by atoms with Crippen LogP contribution in [-0.2, 0) is 11.3 Å². The fourth-order valence-electron chi connectivity index (χ4n) is 3.30. The normalized spacial score (nSPS) is 28.2. The van der Waals surface area contributed by atoms with Crippen LogP contribution in [0.4, 0.5) is 0 Å². The highest BCUT2D eigenvalue weighted by molar-refractivity contribution is 4.97. The van der Waals surface area contributed by atoms with Gasteiger partial charge in [-0.3, -0.25) is 4.90 Å². The molecular weight excluding hydrogens is 240 g/mol. The number of hydrogen-bond acceptors (Lipinski definition) is 4. The van der Waals surface area contributed by atoms with Crippen molar-refractivity contribution in [2.45, 2.75) is 44.4 Å². The topological polar surface area (TPSA) is 37.6 Å². The highest BCUT2D eigenvalue weighted by Gasteiger charge is 2.33. The zero-order chi connectivity index (χ0) is 12.9. The third kappa shape index (κ3) is 3.38. The van der Waals surface area contributed by atoms with Gasteiger partial charge >= 0.3 is 0 Å². The Kier molecular flexibility index (Phi) is 4.53. The molecule has 1 aliphatic heterocycles. The van der Waals surface area contributed by atoms with Crippen molar-refractivity contribution in [3.8, 4) is 0 Å². The van der Waals surface area contributed by atoms with E-state index in [-0.39, 0.29) is 0 Å². The van der Waals surface area contributed by atoms with E-state index < -0.39 is 0 Å². The summed E-state index contributed by atoms with van der Waals surface area (Å²) in [6.07, 6.45) is 7.48. The number of nitrogens with one attached hydrogen (secondary N) is 1. The molecule has 1 aliphatic carbocycles. The lowest BCUT2D eigenvalue weighted by molar-refractivity contribution is -0.0874. The van der Waals surface area contributed by atoms with Gasteiger partial charge in [0.15, 0.2) is 0 Å². The number of ether oxygens (including phenoxy) is 1. The fourth-order valence-corrected chi connectivity index (χ4v) is 3.30. The van der Waals surface area contributed by atoms with Gasteiger partial charge in [0.05, 0.1) is 25.5 Å². The molecule has 1 aromatic rings. The van der Waals surface area contributed by atoms with Crippen LogP contribution in [0, 0.1) is 0 Å². The summed E-state index contributed by atoms with van der Waals surface area (Å²) in [7, 11) is 0. The van der Waals surface area contributed by atoms with Gasteiger partial charge in [0.1, 0.15) is 5.76 Å². The molecule has 1 saturated heterocycles. The summed E-state index contributed by atoms with van der Waals surface area (Å²) < 4.78 is 11.2. The maximum atomic E-state index is 5.90. The number of furan rings is 1. The zero-order valence-corrected chi connectivity index (χ0v) is 11.5. The molecule has 0 spiro atoms. The highest BCUT2D eigenvalue weighted by Crippen LogP contribution is 2.27. The summed E-state index contributed by atoms with van der Waals surface area (Å²) >= 11 is 0.